The van der Waals surface area contributed by atoms with Crippen molar-refractivity contribution in [2.24, 2.45) is 5.92 Å². The first-order chi connectivity index (χ1) is 8.93. The molecule has 1 amide bonds. The number of carboxylic acids is 1. The summed E-state index contributed by atoms with van der Waals surface area (Å²) in [5.74, 6) is -1.36. The van der Waals surface area contributed by atoms with E-state index in [9.17, 15) is 9.59 Å². The fourth-order valence-electron chi connectivity index (χ4n) is 1.96. The Morgan fingerprint density at radius 1 is 1.21 bits per heavy atom. The van der Waals surface area contributed by atoms with E-state index in [4.69, 9.17) is 5.11 Å². The molecule has 0 spiro atoms. The van der Waals surface area contributed by atoms with Gasteiger partial charge in [0, 0.05) is 0 Å². The highest BCUT2D eigenvalue weighted by Gasteiger charge is 2.19. The van der Waals surface area contributed by atoms with Crippen molar-refractivity contribution in [3.63, 3.8) is 0 Å². The Morgan fingerprint density at radius 2 is 1.79 bits per heavy atom. The average molecular weight is 263 g/mol. The lowest BCUT2D eigenvalue weighted by molar-refractivity contribution is -0.141. The largest absolute Gasteiger partial charge is 0.481 e. The van der Waals surface area contributed by atoms with Gasteiger partial charge in [0.05, 0.1) is 6.04 Å². The van der Waals surface area contributed by atoms with Gasteiger partial charge in [-0.05, 0) is 23.5 Å². The standard InChI is InChI=1S/C15H21NO3/c1-4-11-5-7-12(8-6-11)15(10(2)3)16-13(17)9-14(18)19/h5-8,10,15H,4,9H2,1-3H3,(H,16,17)(H,18,19). The molecule has 1 aromatic rings. The van der Waals surface area contributed by atoms with Gasteiger partial charge in [0.1, 0.15) is 6.42 Å². The minimum Gasteiger partial charge on any atom is -0.481 e. The molecule has 0 aliphatic carbocycles. The molecule has 0 aromatic heterocycles. The number of aliphatic carboxylic acids is 1. The molecular formula is C15H21NO3. The second-order valence-corrected chi connectivity index (χ2v) is 4.95. The Morgan fingerprint density at radius 3 is 2.21 bits per heavy atom. The molecule has 0 aliphatic rings. The molecule has 19 heavy (non-hydrogen) atoms. The topological polar surface area (TPSA) is 66.4 Å². The van der Waals surface area contributed by atoms with E-state index in [1.54, 1.807) is 0 Å². The zero-order chi connectivity index (χ0) is 14.4. The second-order valence-electron chi connectivity index (χ2n) is 4.95. The lowest BCUT2D eigenvalue weighted by atomic mass is 9.94. The Kier molecular flexibility index (Phi) is 5.55. The molecule has 0 saturated heterocycles. The maximum absolute atomic E-state index is 11.6. The fraction of sp³-hybridized carbons (Fsp3) is 0.467. The number of hydrogen-bond donors (Lipinski definition) is 2. The van der Waals surface area contributed by atoms with Crippen molar-refractivity contribution in [1.29, 1.82) is 0 Å². The molecular weight excluding hydrogens is 242 g/mol. The van der Waals surface area contributed by atoms with E-state index in [0.717, 1.165) is 12.0 Å². The summed E-state index contributed by atoms with van der Waals surface area (Å²) in [5.41, 5.74) is 2.24. The molecule has 0 radical (unpaired) electrons. The van der Waals surface area contributed by atoms with Gasteiger partial charge >= 0.3 is 5.97 Å². The summed E-state index contributed by atoms with van der Waals surface area (Å²) < 4.78 is 0. The number of rotatable bonds is 6. The quantitative estimate of drug-likeness (QED) is 0.775. The van der Waals surface area contributed by atoms with Crippen molar-refractivity contribution < 1.29 is 14.7 Å². The maximum atomic E-state index is 11.6. The molecule has 0 bridgehead atoms. The van der Waals surface area contributed by atoms with Gasteiger partial charge in [-0.1, -0.05) is 45.0 Å². The maximum Gasteiger partial charge on any atom is 0.312 e. The first-order valence-corrected chi connectivity index (χ1v) is 6.54. The zero-order valence-electron chi connectivity index (χ0n) is 11.6. The summed E-state index contributed by atoms with van der Waals surface area (Å²) >= 11 is 0. The highest BCUT2D eigenvalue weighted by atomic mass is 16.4. The van der Waals surface area contributed by atoms with Crippen LogP contribution >= 0.6 is 0 Å². The first kappa shape index (κ1) is 15.2. The Labute approximate surface area is 113 Å². The summed E-state index contributed by atoms with van der Waals surface area (Å²) in [5, 5.41) is 11.4. The normalized spacial score (nSPS) is 12.2. The molecule has 2 N–H and O–H groups in total. The van der Waals surface area contributed by atoms with Gasteiger partial charge in [-0.2, -0.15) is 0 Å². The minimum atomic E-state index is -1.11. The number of carbonyl (C=O) groups is 2. The monoisotopic (exact) mass is 263 g/mol. The van der Waals surface area contributed by atoms with E-state index in [2.05, 4.69) is 12.2 Å². The van der Waals surface area contributed by atoms with Gasteiger partial charge < -0.3 is 10.4 Å². The van der Waals surface area contributed by atoms with Gasteiger partial charge in [-0.25, -0.2) is 0 Å². The number of benzene rings is 1. The lowest BCUT2D eigenvalue weighted by Crippen LogP contribution is -2.32. The van der Waals surface area contributed by atoms with Gasteiger partial charge in [0.2, 0.25) is 5.91 Å². The van der Waals surface area contributed by atoms with Crippen LogP contribution in [0.5, 0.6) is 0 Å². The SMILES string of the molecule is CCc1ccc(C(NC(=O)CC(=O)O)C(C)C)cc1. The lowest BCUT2D eigenvalue weighted by Gasteiger charge is -2.23. The van der Waals surface area contributed by atoms with Gasteiger partial charge in [-0.3, -0.25) is 9.59 Å². The van der Waals surface area contributed by atoms with Crippen molar-refractivity contribution in [3.05, 3.63) is 35.4 Å². The van der Waals surface area contributed by atoms with Crippen LogP contribution in [-0.2, 0) is 16.0 Å². The van der Waals surface area contributed by atoms with Crippen LogP contribution in [0.25, 0.3) is 0 Å². The van der Waals surface area contributed by atoms with Crippen LogP contribution in [0.15, 0.2) is 24.3 Å². The molecule has 1 rings (SSSR count). The van der Waals surface area contributed by atoms with Crippen LogP contribution in [-0.4, -0.2) is 17.0 Å². The van der Waals surface area contributed by atoms with E-state index in [1.165, 1.54) is 5.56 Å². The minimum absolute atomic E-state index is 0.155. The van der Waals surface area contributed by atoms with E-state index in [-0.39, 0.29) is 12.0 Å². The first-order valence-electron chi connectivity index (χ1n) is 6.54. The molecule has 4 heteroatoms. The van der Waals surface area contributed by atoms with E-state index in [0.29, 0.717) is 0 Å². The third-order valence-corrected chi connectivity index (χ3v) is 3.04. The molecule has 0 aliphatic heterocycles. The summed E-state index contributed by atoms with van der Waals surface area (Å²) in [6.07, 6.45) is 0.480. The highest BCUT2D eigenvalue weighted by molar-refractivity contribution is 5.93. The number of aryl methyl sites for hydroxylation is 1. The Balaban J connectivity index is 2.81. The summed E-state index contributed by atoms with van der Waals surface area (Å²) in [6.45, 7) is 6.09. The number of hydrogen-bond acceptors (Lipinski definition) is 2. The molecule has 1 aromatic carbocycles. The van der Waals surface area contributed by atoms with E-state index < -0.39 is 18.3 Å². The van der Waals surface area contributed by atoms with Crippen molar-refractivity contribution in [1.82, 2.24) is 5.32 Å². The third-order valence-electron chi connectivity index (χ3n) is 3.04. The number of amides is 1. The van der Waals surface area contributed by atoms with Crippen molar-refractivity contribution >= 4 is 11.9 Å². The summed E-state index contributed by atoms with van der Waals surface area (Å²) in [6, 6.07) is 7.90. The van der Waals surface area contributed by atoms with Crippen molar-refractivity contribution in [2.45, 2.75) is 39.7 Å². The number of carbonyl (C=O) groups excluding carboxylic acids is 1. The van der Waals surface area contributed by atoms with Crippen molar-refractivity contribution in [3.8, 4) is 0 Å². The fourth-order valence-corrected chi connectivity index (χ4v) is 1.96. The zero-order valence-corrected chi connectivity index (χ0v) is 11.6. The predicted octanol–water partition coefficient (Wildman–Crippen LogP) is 2.54. The van der Waals surface area contributed by atoms with Crippen molar-refractivity contribution in [2.75, 3.05) is 0 Å². The predicted molar refractivity (Wildman–Crippen MR) is 73.8 cm³/mol. The van der Waals surface area contributed by atoms with Crippen LogP contribution in [0.2, 0.25) is 0 Å². The Hall–Kier alpha value is -1.84. The van der Waals surface area contributed by atoms with Gasteiger partial charge in [0.15, 0.2) is 0 Å². The smallest absolute Gasteiger partial charge is 0.312 e. The van der Waals surface area contributed by atoms with Crippen LogP contribution < -0.4 is 5.32 Å². The van der Waals surface area contributed by atoms with Gasteiger partial charge in [-0.15, -0.1) is 0 Å². The van der Waals surface area contributed by atoms with Crippen LogP contribution in [0.4, 0.5) is 0 Å². The molecule has 0 heterocycles. The van der Waals surface area contributed by atoms with E-state index in [1.807, 2.05) is 38.1 Å². The molecule has 1 atom stereocenters. The summed E-state index contributed by atoms with van der Waals surface area (Å²) in [7, 11) is 0. The van der Waals surface area contributed by atoms with Crippen LogP contribution in [0, 0.1) is 5.92 Å². The number of carboxylic acid groups (broad SMARTS) is 1. The average Bonchev–Trinajstić information content (AvgIpc) is 2.35. The third kappa shape index (κ3) is 4.73. The van der Waals surface area contributed by atoms with Crippen LogP contribution in [0.1, 0.15) is 44.4 Å². The molecule has 0 fully saturated rings. The molecule has 0 saturated carbocycles. The van der Waals surface area contributed by atoms with Crippen LogP contribution in [0.3, 0.4) is 0 Å². The Bertz CT molecular complexity index is 437. The molecule has 104 valence electrons. The number of nitrogens with one attached hydrogen (secondary N) is 1. The van der Waals surface area contributed by atoms with Gasteiger partial charge in [0.25, 0.3) is 0 Å². The second kappa shape index (κ2) is 6.92. The molecule has 4 nitrogen and oxygen atoms in total. The van der Waals surface area contributed by atoms with E-state index >= 15 is 0 Å². The highest BCUT2D eigenvalue weighted by Crippen LogP contribution is 2.22. The summed E-state index contributed by atoms with van der Waals surface area (Å²) in [4.78, 5) is 22.1. The molecule has 1 unspecified atom stereocenters.